The number of amides is 1. The molecular formula is C15H15BrN2O2. The molecule has 1 amide bonds. The average molecular weight is 335 g/mol. The fourth-order valence-corrected chi connectivity index (χ4v) is 2.27. The molecule has 0 saturated heterocycles. The Balaban J connectivity index is 2.02. The summed E-state index contributed by atoms with van der Waals surface area (Å²) in [4.78, 5) is 23.6. The van der Waals surface area contributed by atoms with Gasteiger partial charge in [0.05, 0.1) is 6.04 Å². The van der Waals surface area contributed by atoms with Crippen LogP contribution in [0.5, 0.6) is 0 Å². The third kappa shape index (κ3) is 3.81. The number of carbonyl (C=O) groups is 1. The lowest BCUT2D eigenvalue weighted by Gasteiger charge is -2.15. The minimum atomic E-state index is -0.198. The molecule has 0 saturated carbocycles. The minimum Gasteiger partial charge on any atom is -0.348 e. The van der Waals surface area contributed by atoms with Gasteiger partial charge in [-0.25, -0.2) is 0 Å². The molecule has 0 aliphatic carbocycles. The van der Waals surface area contributed by atoms with Crippen LogP contribution >= 0.6 is 15.9 Å². The van der Waals surface area contributed by atoms with Crippen molar-refractivity contribution in [2.24, 2.45) is 0 Å². The number of carbonyl (C=O) groups excluding carboxylic acids is 1. The lowest BCUT2D eigenvalue weighted by atomic mass is 10.1. The van der Waals surface area contributed by atoms with Crippen LogP contribution in [0.4, 0.5) is 0 Å². The van der Waals surface area contributed by atoms with Crippen molar-refractivity contribution in [1.82, 2.24) is 9.88 Å². The smallest absolute Gasteiger partial charge is 0.251 e. The largest absolute Gasteiger partial charge is 0.348 e. The van der Waals surface area contributed by atoms with Crippen LogP contribution in [0.25, 0.3) is 0 Å². The van der Waals surface area contributed by atoms with Gasteiger partial charge in [0, 0.05) is 16.7 Å². The Bertz CT molecular complexity index is 652. The van der Waals surface area contributed by atoms with Crippen LogP contribution in [-0.4, -0.2) is 10.5 Å². The highest BCUT2D eigenvalue weighted by molar-refractivity contribution is 9.10. The summed E-state index contributed by atoms with van der Waals surface area (Å²) in [6.07, 6.45) is 1.61. The molecule has 0 bridgehead atoms. The molecule has 2 rings (SSSR count). The number of nitrogens with zero attached hydrogens (tertiary/aromatic N) is 1. The van der Waals surface area contributed by atoms with E-state index in [0.717, 1.165) is 10.0 Å². The zero-order chi connectivity index (χ0) is 14.5. The van der Waals surface area contributed by atoms with Crippen molar-refractivity contribution >= 4 is 21.8 Å². The summed E-state index contributed by atoms with van der Waals surface area (Å²) in [5, 5.41) is 2.88. The van der Waals surface area contributed by atoms with E-state index < -0.39 is 0 Å². The molecule has 1 aromatic carbocycles. The van der Waals surface area contributed by atoms with Crippen molar-refractivity contribution in [3.05, 3.63) is 69.1 Å². The fraction of sp³-hybridized carbons (Fsp3) is 0.200. The van der Waals surface area contributed by atoms with E-state index in [0.29, 0.717) is 0 Å². The zero-order valence-electron chi connectivity index (χ0n) is 11.0. The molecule has 0 fully saturated rings. The molecule has 1 N–H and O–H groups in total. The first-order valence-corrected chi connectivity index (χ1v) is 7.06. The van der Waals surface area contributed by atoms with Crippen LogP contribution in [0.2, 0.25) is 0 Å². The number of aromatic nitrogens is 1. The Morgan fingerprint density at radius 3 is 2.65 bits per heavy atom. The van der Waals surface area contributed by atoms with Crippen LogP contribution in [0.3, 0.4) is 0 Å². The number of pyridine rings is 1. The molecule has 104 valence electrons. The highest BCUT2D eigenvalue weighted by Crippen LogP contribution is 2.11. The second-order valence-electron chi connectivity index (χ2n) is 4.51. The number of hydrogen-bond donors (Lipinski definition) is 1. The van der Waals surface area contributed by atoms with Crippen LogP contribution in [-0.2, 0) is 11.3 Å². The van der Waals surface area contributed by atoms with E-state index >= 15 is 0 Å². The normalized spacial score (nSPS) is 11.9. The second kappa shape index (κ2) is 6.52. The number of halogens is 1. The van der Waals surface area contributed by atoms with E-state index in [1.807, 2.05) is 37.3 Å². The maximum atomic E-state index is 12.0. The van der Waals surface area contributed by atoms with Crippen LogP contribution in [0.1, 0.15) is 18.5 Å². The molecule has 2 aromatic rings. The first-order valence-electron chi connectivity index (χ1n) is 6.26. The SMILES string of the molecule is CC(NC(=O)Cn1cc(Br)ccc1=O)c1ccccc1. The molecule has 1 heterocycles. The molecule has 0 spiro atoms. The quantitative estimate of drug-likeness (QED) is 0.933. The maximum Gasteiger partial charge on any atom is 0.251 e. The third-order valence-electron chi connectivity index (χ3n) is 2.94. The molecule has 5 heteroatoms. The Hall–Kier alpha value is -1.88. The number of hydrogen-bond acceptors (Lipinski definition) is 2. The molecule has 4 nitrogen and oxygen atoms in total. The average Bonchev–Trinajstić information content (AvgIpc) is 2.43. The summed E-state index contributed by atoms with van der Waals surface area (Å²) >= 11 is 3.28. The van der Waals surface area contributed by atoms with Crippen LogP contribution in [0, 0.1) is 0 Å². The third-order valence-corrected chi connectivity index (χ3v) is 3.41. The van der Waals surface area contributed by atoms with Gasteiger partial charge in [0.15, 0.2) is 0 Å². The van der Waals surface area contributed by atoms with Crippen molar-refractivity contribution in [1.29, 1.82) is 0 Å². The molecule has 20 heavy (non-hydrogen) atoms. The van der Waals surface area contributed by atoms with Gasteiger partial charge in [-0.1, -0.05) is 30.3 Å². The molecular weight excluding hydrogens is 320 g/mol. The molecule has 0 radical (unpaired) electrons. The van der Waals surface area contributed by atoms with E-state index in [1.165, 1.54) is 10.6 Å². The monoisotopic (exact) mass is 334 g/mol. The minimum absolute atomic E-state index is 0.00937. The van der Waals surface area contributed by atoms with E-state index in [9.17, 15) is 9.59 Å². The van der Waals surface area contributed by atoms with Crippen molar-refractivity contribution in [3.63, 3.8) is 0 Å². The van der Waals surface area contributed by atoms with Gasteiger partial charge < -0.3 is 9.88 Å². The van der Waals surface area contributed by atoms with Crippen LogP contribution in [0.15, 0.2) is 57.9 Å². The molecule has 1 atom stereocenters. The summed E-state index contributed by atoms with van der Waals surface area (Å²) in [7, 11) is 0. The molecule has 0 aliphatic rings. The van der Waals surface area contributed by atoms with Gasteiger partial charge in [-0.3, -0.25) is 9.59 Å². The van der Waals surface area contributed by atoms with Gasteiger partial charge in [0.1, 0.15) is 6.54 Å². The lowest BCUT2D eigenvalue weighted by molar-refractivity contribution is -0.122. The van der Waals surface area contributed by atoms with Gasteiger partial charge >= 0.3 is 0 Å². The maximum absolute atomic E-state index is 12.0. The Morgan fingerprint density at radius 2 is 1.95 bits per heavy atom. The number of benzene rings is 1. The summed E-state index contributed by atoms with van der Waals surface area (Å²) in [5.41, 5.74) is 0.832. The predicted octanol–water partition coefficient (Wildman–Crippen LogP) is 2.49. The summed E-state index contributed by atoms with van der Waals surface area (Å²) < 4.78 is 2.14. The predicted molar refractivity (Wildman–Crippen MR) is 81.4 cm³/mol. The number of nitrogens with one attached hydrogen (secondary N) is 1. The zero-order valence-corrected chi connectivity index (χ0v) is 12.6. The molecule has 0 aliphatic heterocycles. The van der Waals surface area contributed by atoms with E-state index in [-0.39, 0.29) is 24.1 Å². The van der Waals surface area contributed by atoms with E-state index in [4.69, 9.17) is 0 Å². The topological polar surface area (TPSA) is 51.1 Å². The fourth-order valence-electron chi connectivity index (χ4n) is 1.89. The molecule has 1 unspecified atom stereocenters. The van der Waals surface area contributed by atoms with Gasteiger partial charge in [-0.15, -0.1) is 0 Å². The summed E-state index contributed by atoms with van der Waals surface area (Å²) in [5.74, 6) is -0.193. The van der Waals surface area contributed by atoms with Gasteiger partial charge in [-0.05, 0) is 34.5 Å². The number of rotatable bonds is 4. The van der Waals surface area contributed by atoms with Gasteiger partial charge in [0.2, 0.25) is 5.91 Å². The Morgan fingerprint density at radius 1 is 1.25 bits per heavy atom. The molecule has 1 aromatic heterocycles. The highest BCUT2D eigenvalue weighted by Gasteiger charge is 2.10. The Kier molecular flexibility index (Phi) is 4.74. The van der Waals surface area contributed by atoms with Gasteiger partial charge in [-0.2, -0.15) is 0 Å². The second-order valence-corrected chi connectivity index (χ2v) is 5.43. The van der Waals surface area contributed by atoms with Crippen LogP contribution < -0.4 is 10.9 Å². The lowest BCUT2D eigenvalue weighted by Crippen LogP contribution is -2.33. The highest BCUT2D eigenvalue weighted by atomic mass is 79.9. The first kappa shape index (κ1) is 14.5. The van der Waals surface area contributed by atoms with E-state index in [1.54, 1.807) is 12.3 Å². The summed E-state index contributed by atoms with van der Waals surface area (Å²) in [6.45, 7) is 1.92. The summed E-state index contributed by atoms with van der Waals surface area (Å²) in [6, 6.07) is 12.7. The standard InChI is InChI=1S/C15H15BrN2O2/c1-11(12-5-3-2-4-6-12)17-14(19)10-18-9-13(16)7-8-15(18)20/h2-9,11H,10H2,1H3,(H,17,19). The Labute approximate surface area is 125 Å². The first-order chi connectivity index (χ1) is 9.56. The van der Waals surface area contributed by atoms with E-state index in [2.05, 4.69) is 21.2 Å². The van der Waals surface area contributed by atoms with Crippen molar-refractivity contribution < 1.29 is 4.79 Å². The van der Waals surface area contributed by atoms with Crippen molar-refractivity contribution in [3.8, 4) is 0 Å². The van der Waals surface area contributed by atoms with Crippen molar-refractivity contribution in [2.45, 2.75) is 19.5 Å². The van der Waals surface area contributed by atoms with Gasteiger partial charge in [0.25, 0.3) is 5.56 Å². The van der Waals surface area contributed by atoms with Crippen molar-refractivity contribution in [2.75, 3.05) is 0 Å².